The molecule has 0 unspecified atom stereocenters. The first-order valence-electron chi connectivity index (χ1n) is 7.12. The first-order chi connectivity index (χ1) is 10.7. The zero-order valence-electron chi connectivity index (χ0n) is 12.6. The summed E-state index contributed by atoms with van der Waals surface area (Å²) >= 11 is 0. The monoisotopic (exact) mass is 288 g/mol. The number of aryl methyl sites for hydroxylation is 2. The molecule has 2 aromatic carbocycles. The van der Waals surface area contributed by atoms with E-state index in [2.05, 4.69) is 48.4 Å². The Bertz CT molecular complexity index is 838. The van der Waals surface area contributed by atoms with Crippen molar-refractivity contribution in [2.24, 2.45) is 0 Å². The summed E-state index contributed by atoms with van der Waals surface area (Å²) in [7, 11) is 0. The molecule has 0 aliphatic rings. The maximum absolute atomic E-state index is 8.85. The van der Waals surface area contributed by atoms with Gasteiger partial charge in [-0.2, -0.15) is 5.26 Å². The molecule has 4 nitrogen and oxygen atoms in total. The molecule has 4 heteroatoms. The highest BCUT2D eigenvalue weighted by Gasteiger charge is 2.08. The number of nitrogens with zero attached hydrogens (tertiary/aromatic N) is 4. The molecular weight excluding hydrogens is 272 g/mol. The van der Waals surface area contributed by atoms with Gasteiger partial charge in [-0.05, 0) is 48.7 Å². The summed E-state index contributed by atoms with van der Waals surface area (Å²) in [5, 5.41) is 17.1. The smallest absolute Gasteiger partial charge is 0.0991 e. The molecule has 0 atom stereocenters. The van der Waals surface area contributed by atoms with Crippen molar-refractivity contribution >= 4 is 0 Å². The largest absolute Gasteiger partial charge is 0.240 e. The Kier molecular flexibility index (Phi) is 3.71. The summed E-state index contributed by atoms with van der Waals surface area (Å²) in [5.74, 6) is 0. The molecule has 0 N–H and O–H groups in total. The van der Waals surface area contributed by atoms with Crippen molar-refractivity contribution in [3.8, 4) is 17.3 Å². The minimum atomic E-state index is 0.633. The van der Waals surface area contributed by atoms with Crippen molar-refractivity contribution in [2.75, 3.05) is 0 Å². The van der Waals surface area contributed by atoms with E-state index < -0.39 is 0 Å². The number of aromatic nitrogens is 3. The van der Waals surface area contributed by atoms with Crippen molar-refractivity contribution in [1.29, 1.82) is 5.26 Å². The molecule has 108 valence electrons. The van der Waals surface area contributed by atoms with Crippen LogP contribution in [0.25, 0.3) is 11.3 Å². The minimum Gasteiger partial charge on any atom is -0.240 e. The molecule has 0 aliphatic carbocycles. The van der Waals surface area contributed by atoms with Gasteiger partial charge in [0.05, 0.1) is 30.1 Å². The summed E-state index contributed by atoms with van der Waals surface area (Å²) < 4.78 is 1.88. The number of nitriles is 1. The van der Waals surface area contributed by atoms with E-state index in [1.165, 1.54) is 11.1 Å². The number of rotatable bonds is 3. The van der Waals surface area contributed by atoms with Gasteiger partial charge in [0.2, 0.25) is 0 Å². The van der Waals surface area contributed by atoms with E-state index in [9.17, 15) is 0 Å². The van der Waals surface area contributed by atoms with Gasteiger partial charge in [0.1, 0.15) is 0 Å². The van der Waals surface area contributed by atoms with Crippen LogP contribution in [0.3, 0.4) is 0 Å². The fraction of sp³-hybridized carbons (Fsp3) is 0.167. The van der Waals surface area contributed by atoms with Crippen molar-refractivity contribution in [3.63, 3.8) is 0 Å². The highest BCUT2D eigenvalue weighted by molar-refractivity contribution is 5.60. The molecule has 0 saturated heterocycles. The molecule has 0 bridgehead atoms. The quantitative estimate of drug-likeness (QED) is 0.741. The average Bonchev–Trinajstić information content (AvgIpc) is 2.99. The molecule has 22 heavy (non-hydrogen) atoms. The van der Waals surface area contributed by atoms with E-state index in [1.807, 2.05) is 28.9 Å². The Balaban J connectivity index is 1.91. The van der Waals surface area contributed by atoms with E-state index in [0.29, 0.717) is 12.1 Å². The number of benzene rings is 2. The fourth-order valence-electron chi connectivity index (χ4n) is 2.36. The molecule has 0 spiro atoms. The van der Waals surface area contributed by atoms with E-state index in [1.54, 1.807) is 6.20 Å². The Morgan fingerprint density at radius 3 is 2.50 bits per heavy atom. The van der Waals surface area contributed by atoms with Crippen LogP contribution in [0.2, 0.25) is 0 Å². The molecule has 0 fully saturated rings. The second-order valence-corrected chi connectivity index (χ2v) is 5.38. The van der Waals surface area contributed by atoms with Crippen LogP contribution in [0, 0.1) is 25.2 Å². The molecule has 1 aromatic heterocycles. The normalized spacial score (nSPS) is 10.4. The molecule has 0 saturated carbocycles. The summed E-state index contributed by atoms with van der Waals surface area (Å²) in [4.78, 5) is 0. The minimum absolute atomic E-state index is 0.633. The van der Waals surface area contributed by atoms with Gasteiger partial charge in [-0.25, -0.2) is 4.68 Å². The van der Waals surface area contributed by atoms with Gasteiger partial charge in [0.25, 0.3) is 0 Å². The molecule has 3 aromatic rings. The van der Waals surface area contributed by atoms with Crippen LogP contribution in [0.4, 0.5) is 0 Å². The second-order valence-electron chi connectivity index (χ2n) is 5.38. The van der Waals surface area contributed by atoms with Gasteiger partial charge < -0.3 is 0 Å². The lowest BCUT2D eigenvalue weighted by molar-refractivity contribution is 0.655. The van der Waals surface area contributed by atoms with Crippen LogP contribution in [0.1, 0.15) is 22.3 Å². The van der Waals surface area contributed by atoms with Crippen molar-refractivity contribution < 1.29 is 0 Å². The first kappa shape index (κ1) is 14.0. The molecule has 0 amide bonds. The van der Waals surface area contributed by atoms with Gasteiger partial charge in [-0.3, -0.25) is 0 Å². The zero-order chi connectivity index (χ0) is 15.5. The predicted octanol–water partition coefficient (Wildman–Crippen LogP) is 3.48. The van der Waals surface area contributed by atoms with E-state index in [0.717, 1.165) is 16.8 Å². The predicted molar refractivity (Wildman–Crippen MR) is 85.2 cm³/mol. The number of hydrogen-bond acceptors (Lipinski definition) is 3. The van der Waals surface area contributed by atoms with Gasteiger partial charge in [-0.1, -0.05) is 29.5 Å². The summed E-state index contributed by atoms with van der Waals surface area (Å²) in [5.41, 5.74) is 6.39. The second kappa shape index (κ2) is 5.82. The van der Waals surface area contributed by atoms with Crippen molar-refractivity contribution in [1.82, 2.24) is 15.0 Å². The summed E-state index contributed by atoms with van der Waals surface area (Å²) in [6.07, 6.45) is 1.79. The number of hydrogen-bond donors (Lipinski definition) is 0. The maximum atomic E-state index is 8.85. The topological polar surface area (TPSA) is 54.5 Å². The van der Waals surface area contributed by atoms with Crippen LogP contribution in [0.15, 0.2) is 48.7 Å². The van der Waals surface area contributed by atoms with Crippen LogP contribution >= 0.6 is 0 Å². The maximum Gasteiger partial charge on any atom is 0.0991 e. The third-order valence-electron chi connectivity index (χ3n) is 3.84. The van der Waals surface area contributed by atoms with E-state index in [-0.39, 0.29) is 0 Å². The standard InChI is InChI=1S/C18H16N4/c1-13-3-8-17(9-14(13)2)18-11-20-21-22(18)12-16-6-4-15(10-19)5-7-16/h3-9,11H,12H2,1-2H3. The lowest BCUT2D eigenvalue weighted by atomic mass is 10.0. The lowest BCUT2D eigenvalue weighted by Crippen LogP contribution is -2.04. The van der Waals surface area contributed by atoms with Crippen LogP contribution < -0.4 is 0 Å². The molecule has 0 radical (unpaired) electrons. The first-order valence-corrected chi connectivity index (χ1v) is 7.12. The zero-order valence-corrected chi connectivity index (χ0v) is 12.6. The molecule has 3 rings (SSSR count). The average molecular weight is 288 g/mol. The third kappa shape index (κ3) is 2.75. The van der Waals surface area contributed by atoms with E-state index >= 15 is 0 Å². The van der Waals surface area contributed by atoms with Gasteiger partial charge in [0.15, 0.2) is 0 Å². The van der Waals surface area contributed by atoms with Gasteiger partial charge >= 0.3 is 0 Å². The van der Waals surface area contributed by atoms with Crippen LogP contribution in [0.5, 0.6) is 0 Å². The Hall–Kier alpha value is -2.93. The molecular formula is C18H16N4. The Morgan fingerprint density at radius 2 is 1.82 bits per heavy atom. The van der Waals surface area contributed by atoms with Crippen molar-refractivity contribution in [3.05, 3.63) is 70.9 Å². The van der Waals surface area contributed by atoms with Crippen LogP contribution in [-0.4, -0.2) is 15.0 Å². The lowest BCUT2D eigenvalue weighted by Gasteiger charge is -2.08. The Morgan fingerprint density at radius 1 is 1.05 bits per heavy atom. The highest BCUT2D eigenvalue weighted by Crippen LogP contribution is 2.22. The van der Waals surface area contributed by atoms with Crippen molar-refractivity contribution in [2.45, 2.75) is 20.4 Å². The van der Waals surface area contributed by atoms with E-state index in [4.69, 9.17) is 5.26 Å². The third-order valence-corrected chi connectivity index (χ3v) is 3.84. The SMILES string of the molecule is Cc1ccc(-c2cnnn2Cc2ccc(C#N)cc2)cc1C. The summed E-state index contributed by atoms with van der Waals surface area (Å²) in [6.45, 7) is 4.84. The van der Waals surface area contributed by atoms with Gasteiger partial charge in [-0.15, -0.1) is 5.10 Å². The molecule has 0 aliphatic heterocycles. The Labute approximate surface area is 129 Å². The fourth-order valence-corrected chi connectivity index (χ4v) is 2.36. The van der Waals surface area contributed by atoms with Crippen LogP contribution in [-0.2, 0) is 6.54 Å². The summed E-state index contributed by atoms with van der Waals surface area (Å²) in [6, 6.07) is 16.0. The van der Waals surface area contributed by atoms with Gasteiger partial charge in [0, 0.05) is 5.56 Å². The highest BCUT2D eigenvalue weighted by atomic mass is 15.4. The molecule has 1 heterocycles.